The minimum absolute atomic E-state index is 0.192. The number of nitrogens with zero attached hydrogens (tertiary/aromatic N) is 2. The summed E-state index contributed by atoms with van der Waals surface area (Å²) in [5, 5.41) is 2.84. The number of anilines is 1. The Morgan fingerprint density at radius 3 is 2.51 bits per heavy atom. The maximum absolute atomic E-state index is 13.8. The molecular formula is C30H29N3O6. The number of carbonyl (C=O) groups excluding carboxylic acids is 2. The minimum Gasteiger partial charge on any atom is -0.493 e. The second-order valence-corrected chi connectivity index (χ2v) is 9.32. The molecule has 0 saturated carbocycles. The van der Waals surface area contributed by atoms with E-state index in [1.165, 1.54) is 4.68 Å². The third kappa shape index (κ3) is 4.90. The van der Waals surface area contributed by atoms with Gasteiger partial charge in [0, 0.05) is 17.7 Å². The highest BCUT2D eigenvalue weighted by molar-refractivity contribution is 5.93. The average Bonchev–Trinajstić information content (AvgIpc) is 3.17. The number of ether oxygens (including phenoxy) is 3. The van der Waals surface area contributed by atoms with Gasteiger partial charge < -0.3 is 19.5 Å². The lowest BCUT2D eigenvalue weighted by Crippen LogP contribution is -2.28. The van der Waals surface area contributed by atoms with Gasteiger partial charge in [0.2, 0.25) is 11.8 Å². The monoisotopic (exact) mass is 527 g/mol. The number of methoxy groups -OCH3 is 1. The summed E-state index contributed by atoms with van der Waals surface area (Å²) in [6, 6.07) is 17.8. The number of fused-ring (bicyclic) bond motifs is 2. The van der Waals surface area contributed by atoms with Gasteiger partial charge in [0.1, 0.15) is 6.54 Å². The zero-order valence-corrected chi connectivity index (χ0v) is 22.2. The number of aromatic nitrogens is 2. The summed E-state index contributed by atoms with van der Waals surface area (Å²) in [4.78, 5) is 39.0. The Morgan fingerprint density at radius 1 is 1.05 bits per heavy atom. The lowest BCUT2D eigenvalue weighted by Gasteiger charge is -2.21. The maximum Gasteiger partial charge on any atom is 0.338 e. The van der Waals surface area contributed by atoms with Crippen LogP contribution in [0.15, 0.2) is 65.5 Å². The molecule has 1 aliphatic heterocycles. The maximum atomic E-state index is 13.8. The van der Waals surface area contributed by atoms with Gasteiger partial charge in [0.25, 0.3) is 5.56 Å². The van der Waals surface area contributed by atoms with Crippen molar-refractivity contribution in [2.75, 3.05) is 19.0 Å². The molecular weight excluding hydrogens is 498 g/mol. The Balaban J connectivity index is 1.53. The van der Waals surface area contributed by atoms with E-state index in [0.717, 1.165) is 16.7 Å². The fourth-order valence-corrected chi connectivity index (χ4v) is 4.77. The van der Waals surface area contributed by atoms with Crippen LogP contribution in [0.3, 0.4) is 0 Å². The molecule has 0 bridgehead atoms. The van der Waals surface area contributed by atoms with E-state index in [1.807, 2.05) is 44.2 Å². The van der Waals surface area contributed by atoms with Crippen molar-refractivity contribution < 1.29 is 23.8 Å². The van der Waals surface area contributed by atoms with Gasteiger partial charge in [0.05, 0.1) is 30.5 Å². The molecule has 0 saturated heterocycles. The van der Waals surface area contributed by atoms with E-state index in [9.17, 15) is 14.4 Å². The fraction of sp³-hybridized carbons (Fsp3) is 0.233. The third-order valence-corrected chi connectivity index (χ3v) is 6.58. The fourth-order valence-electron chi connectivity index (χ4n) is 4.77. The van der Waals surface area contributed by atoms with E-state index in [1.54, 1.807) is 49.0 Å². The van der Waals surface area contributed by atoms with E-state index in [4.69, 9.17) is 14.2 Å². The number of esters is 1. The summed E-state index contributed by atoms with van der Waals surface area (Å²) in [6.45, 7) is 5.73. The number of benzene rings is 3. The SMILES string of the molecule is CCOC(=O)c1ccc(NC(=O)Cn2c3c(c(=O)n2-c2ccc(C)cc2C)Cc2cccc(OC)c2O3)cc1. The molecule has 39 heavy (non-hydrogen) atoms. The molecule has 200 valence electrons. The summed E-state index contributed by atoms with van der Waals surface area (Å²) in [5.74, 6) is 0.561. The molecule has 0 unspecified atom stereocenters. The molecule has 1 aliphatic rings. The van der Waals surface area contributed by atoms with Gasteiger partial charge in [-0.25, -0.2) is 14.2 Å². The first kappa shape index (κ1) is 25.8. The highest BCUT2D eigenvalue weighted by Crippen LogP contribution is 2.42. The molecule has 3 aromatic carbocycles. The van der Waals surface area contributed by atoms with Crippen molar-refractivity contribution in [2.24, 2.45) is 0 Å². The highest BCUT2D eigenvalue weighted by atomic mass is 16.5. The number of para-hydroxylation sites is 1. The van der Waals surface area contributed by atoms with Gasteiger partial charge in [-0.1, -0.05) is 29.8 Å². The standard InChI is InChI=1S/C30H29N3O6/c1-5-38-30(36)20-10-12-22(13-11-20)31-26(34)17-32-29-23(16-21-7-6-8-25(37-4)27(21)39-29)28(35)33(32)24-14-9-18(2)15-19(24)3/h6-15H,5,16-17H2,1-4H3,(H,31,34). The molecule has 5 rings (SSSR count). The highest BCUT2D eigenvalue weighted by Gasteiger charge is 2.31. The van der Waals surface area contributed by atoms with Crippen LogP contribution in [0.2, 0.25) is 0 Å². The molecule has 4 aromatic rings. The van der Waals surface area contributed by atoms with Crippen molar-refractivity contribution in [2.45, 2.75) is 33.7 Å². The van der Waals surface area contributed by atoms with Crippen molar-refractivity contribution in [1.82, 2.24) is 9.36 Å². The molecule has 1 amide bonds. The van der Waals surface area contributed by atoms with E-state index < -0.39 is 5.97 Å². The van der Waals surface area contributed by atoms with Crippen LogP contribution < -0.4 is 20.3 Å². The molecule has 9 heteroatoms. The molecule has 1 N–H and O–H groups in total. The van der Waals surface area contributed by atoms with Crippen molar-refractivity contribution in [3.8, 4) is 23.1 Å². The Labute approximate surface area is 225 Å². The number of aryl methyl sites for hydroxylation is 2. The van der Waals surface area contributed by atoms with Crippen LogP contribution in [0.4, 0.5) is 5.69 Å². The van der Waals surface area contributed by atoms with E-state index in [0.29, 0.717) is 46.3 Å². The summed E-state index contributed by atoms with van der Waals surface area (Å²) >= 11 is 0. The van der Waals surface area contributed by atoms with Crippen LogP contribution >= 0.6 is 0 Å². The number of rotatable bonds is 7. The smallest absolute Gasteiger partial charge is 0.338 e. The first-order chi connectivity index (χ1) is 18.8. The van der Waals surface area contributed by atoms with E-state index in [-0.39, 0.29) is 24.6 Å². The van der Waals surface area contributed by atoms with Gasteiger partial charge in [-0.2, -0.15) is 0 Å². The second kappa shape index (κ2) is 10.5. The normalized spacial score (nSPS) is 11.7. The summed E-state index contributed by atoms with van der Waals surface area (Å²) < 4.78 is 19.8. The van der Waals surface area contributed by atoms with Crippen molar-refractivity contribution >= 4 is 17.6 Å². The van der Waals surface area contributed by atoms with Gasteiger partial charge in [-0.15, -0.1) is 0 Å². The average molecular weight is 528 g/mol. The number of hydrogen-bond donors (Lipinski definition) is 1. The van der Waals surface area contributed by atoms with E-state index >= 15 is 0 Å². The van der Waals surface area contributed by atoms with Crippen molar-refractivity contribution in [3.05, 3.63) is 98.8 Å². The quantitative estimate of drug-likeness (QED) is 0.306. The molecule has 2 heterocycles. The largest absolute Gasteiger partial charge is 0.493 e. The molecule has 0 radical (unpaired) electrons. The van der Waals surface area contributed by atoms with Gasteiger partial charge in [-0.05, 0) is 62.7 Å². The first-order valence-corrected chi connectivity index (χ1v) is 12.6. The second-order valence-electron chi connectivity index (χ2n) is 9.32. The number of amides is 1. The lowest BCUT2D eigenvalue weighted by atomic mass is 10.0. The zero-order valence-electron chi connectivity index (χ0n) is 22.2. The van der Waals surface area contributed by atoms with Crippen LogP contribution in [0, 0.1) is 13.8 Å². The van der Waals surface area contributed by atoms with Gasteiger partial charge >= 0.3 is 5.97 Å². The lowest BCUT2D eigenvalue weighted by molar-refractivity contribution is -0.117. The van der Waals surface area contributed by atoms with Gasteiger partial charge in [0.15, 0.2) is 11.5 Å². The predicted octanol–water partition coefficient (Wildman–Crippen LogP) is 4.78. The summed E-state index contributed by atoms with van der Waals surface area (Å²) in [5.41, 5.74) is 4.53. The number of nitrogens with one attached hydrogen (secondary N) is 1. The summed E-state index contributed by atoms with van der Waals surface area (Å²) in [6.07, 6.45) is 0.343. The van der Waals surface area contributed by atoms with Crippen molar-refractivity contribution in [1.29, 1.82) is 0 Å². The Kier molecular flexibility index (Phi) is 6.98. The van der Waals surface area contributed by atoms with E-state index in [2.05, 4.69) is 5.32 Å². The summed E-state index contributed by atoms with van der Waals surface area (Å²) in [7, 11) is 1.56. The Hall–Kier alpha value is -4.79. The van der Waals surface area contributed by atoms with Gasteiger partial charge in [-0.3, -0.25) is 9.59 Å². The third-order valence-electron chi connectivity index (χ3n) is 6.58. The van der Waals surface area contributed by atoms with Crippen LogP contribution in [0.25, 0.3) is 5.69 Å². The molecule has 0 aliphatic carbocycles. The van der Waals surface area contributed by atoms with Crippen molar-refractivity contribution in [3.63, 3.8) is 0 Å². The van der Waals surface area contributed by atoms with Crippen LogP contribution in [0.1, 0.15) is 39.5 Å². The predicted molar refractivity (Wildman–Crippen MR) is 146 cm³/mol. The Bertz CT molecular complexity index is 1630. The Morgan fingerprint density at radius 2 is 1.82 bits per heavy atom. The van der Waals surface area contributed by atoms with Crippen LogP contribution in [0.5, 0.6) is 17.4 Å². The topological polar surface area (TPSA) is 101 Å². The number of hydrogen-bond acceptors (Lipinski definition) is 6. The molecule has 0 atom stereocenters. The molecule has 0 fully saturated rings. The number of carbonyl (C=O) groups is 2. The molecule has 1 aromatic heterocycles. The van der Waals surface area contributed by atoms with Crippen LogP contribution in [-0.4, -0.2) is 35.0 Å². The first-order valence-electron chi connectivity index (χ1n) is 12.6. The molecule has 9 nitrogen and oxygen atoms in total. The molecule has 0 spiro atoms. The minimum atomic E-state index is -0.431. The van der Waals surface area contributed by atoms with Crippen LogP contribution in [-0.2, 0) is 22.5 Å². The zero-order chi connectivity index (χ0) is 27.7.